The molecule has 0 atom stereocenters. The predicted molar refractivity (Wildman–Crippen MR) is 193 cm³/mol. The molecule has 2 saturated carbocycles. The van der Waals surface area contributed by atoms with Crippen LogP contribution in [-0.4, -0.2) is 37.3 Å². The minimum atomic E-state index is -4.38. The van der Waals surface area contributed by atoms with Crippen LogP contribution in [-0.2, 0) is 45.6 Å². The average Bonchev–Trinajstić information content (AvgIpc) is 4.08. The smallest absolute Gasteiger partial charge is 0.416 e. The van der Waals surface area contributed by atoms with Crippen molar-refractivity contribution < 1.29 is 49.9 Å². The lowest BCUT2D eigenvalue weighted by Crippen LogP contribution is -2.19. The van der Waals surface area contributed by atoms with E-state index in [4.69, 9.17) is 8.83 Å². The van der Waals surface area contributed by atoms with Gasteiger partial charge in [0.1, 0.15) is 16.6 Å². The van der Waals surface area contributed by atoms with Gasteiger partial charge in [0.25, 0.3) is 0 Å². The van der Waals surface area contributed by atoms with Gasteiger partial charge in [0, 0.05) is 17.5 Å². The molecule has 15 heteroatoms. The molecule has 0 spiro atoms. The number of nitrogens with zero attached hydrogens (tertiary/aromatic N) is 4. The van der Waals surface area contributed by atoms with E-state index in [1.165, 1.54) is 24.3 Å². The molecule has 2 heterocycles. The molecule has 294 valence electrons. The number of alkyl halides is 6. The van der Waals surface area contributed by atoms with Crippen molar-refractivity contribution in [1.29, 1.82) is 0 Å². The van der Waals surface area contributed by atoms with Crippen molar-refractivity contribution in [2.45, 2.75) is 75.1 Å². The van der Waals surface area contributed by atoms with Gasteiger partial charge in [-0.2, -0.15) is 26.3 Å². The van der Waals surface area contributed by atoms with Crippen LogP contribution in [0.15, 0.2) is 106 Å². The molecule has 4 aromatic carbocycles. The van der Waals surface area contributed by atoms with E-state index in [0.717, 1.165) is 41.0 Å². The summed E-state index contributed by atoms with van der Waals surface area (Å²) in [5, 5.41) is 25.5. The van der Waals surface area contributed by atoms with Gasteiger partial charge in [0.05, 0.1) is 11.1 Å². The normalized spacial score (nSPS) is 15.4. The Morgan fingerprint density at radius 1 is 0.596 bits per heavy atom. The van der Waals surface area contributed by atoms with Gasteiger partial charge in [-0.1, -0.05) is 67.6 Å². The summed E-state index contributed by atoms with van der Waals surface area (Å²) in [4.78, 5) is 23.7. The molecule has 0 bridgehead atoms. The van der Waals surface area contributed by atoms with Crippen LogP contribution in [0.2, 0.25) is 0 Å². The highest BCUT2D eigenvalue weighted by Gasteiger charge is 2.57. The molecule has 2 fully saturated rings. The molecule has 0 radical (unpaired) electrons. The first-order chi connectivity index (χ1) is 27.1. The van der Waals surface area contributed by atoms with Gasteiger partial charge in [-0.15, -0.1) is 20.4 Å². The molecule has 9 nitrogen and oxygen atoms in total. The Hall–Kier alpha value is -6.12. The lowest BCUT2D eigenvalue weighted by molar-refractivity contribution is -0.141. The van der Waals surface area contributed by atoms with Crippen LogP contribution in [0.3, 0.4) is 0 Å². The number of carboxylic acid groups (broad SMARTS) is 1. The van der Waals surface area contributed by atoms with Crippen LogP contribution in [0.1, 0.15) is 84.2 Å². The summed E-state index contributed by atoms with van der Waals surface area (Å²) in [6, 6.07) is 24.6. The van der Waals surface area contributed by atoms with Gasteiger partial charge >= 0.3 is 18.3 Å². The van der Waals surface area contributed by atoms with Gasteiger partial charge in [-0.05, 0) is 97.2 Å². The van der Waals surface area contributed by atoms with E-state index in [1.54, 1.807) is 18.2 Å². The summed E-state index contributed by atoms with van der Waals surface area (Å²) in [7, 11) is 0. The number of carbonyl (C=O) groups is 2. The summed E-state index contributed by atoms with van der Waals surface area (Å²) in [5.74, 6) is 0.0669. The minimum Gasteiger partial charge on any atom is -0.480 e. The molecule has 57 heavy (non-hydrogen) atoms. The van der Waals surface area contributed by atoms with Crippen molar-refractivity contribution in [3.05, 3.63) is 142 Å². The van der Waals surface area contributed by atoms with Crippen molar-refractivity contribution in [2.24, 2.45) is 0 Å². The average molecular weight is 789 g/mol. The molecule has 2 aliphatic carbocycles. The van der Waals surface area contributed by atoms with Crippen LogP contribution in [0.4, 0.5) is 26.3 Å². The molecule has 0 amide bonds. The van der Waals surface area contributed by atoms with E-state index < -0.39 is 40.3 Å². The maximum Gasteiger partial charge on any atom is 0.416 e. The van der Waals surface area contributed by atoms with Crippen molar-refractivity contribution in [2.75, 3.05) is 0 Å². The number of carboxylic acids is 1. The van der Waals surface area contributed by atoms with Crippen molar-refractivity contribution in [3.8, 4) is 22.9 Å². The SMILES string of the molecule is CCC(=O)C1(c2nnc(-c3ccccc3Cc3ccc(C(F)(F)F)cc3)o2)CC1.O=C(O)C1(c2nnc(-c3ccccc3Cc3ccc(C(F)(F)F)cc3)o2)CC1. The van der Waals surface area contributed by atoms with Crippen molar-refractivity contribution >= 4 is 11.8 Å². The fraction of sp³-hybridized carbons (Fsp3) is 0.286. The fourth-order valence-electron chi connectivity index (χ4n) is 6.60. The van der Waals surface area contributed by atoms with Gasteiger partial charge < -0.3 is 13.9 Å². The predicted octanol–water partition coefficient (Wildman–Crippen LogP) is 9.82. The minimum absolute atomic E-state index is 0.0827. The third-order valence-corrected chi connectivity index (χ3v) is 10.3. The highest BCUT2D eigenvalue weighted by atomic mass is 19.4. The third-order valence-electron chi connectivity index (χ3n) is 10.3. The molecule has 0 unspecified atom stereocenters. The quantitative estimate of drug-likeness (QED) is 0.127. The Labute approximate surface area is 321 Å². The number of rotatable bonds is 11. The Morgan fingerprint density at radius 3 is 1.33 bits per heavy atom. The van der Waals surface area contributed by atoms with Gasteiger partial charge in [-0.25, -0.2) is 0 Å². The third kappa shape index (κ3) is 8.23. The number of ketones is 1. The molecule has 6 aromatic rings. The van der Waals surface area contributed by atoms with Gasteiger partial charge in [0.15, 0.2) is 0 Å². The van der Waals surface area contributed by atoms with E-state index in [1.807, 2.05) is 37.3 Å². The number of Topliss-reactive ketones (excluding diaryl/α,β-unsaturated/α-hetero) is 1. The topological polar surface area (TPSA) is 132 Å². The molecular weight excluding hydrogens is 754 g/mol. The summed E-state index contributed by atoms with van der Waals surface area (Å²) < 4.78 is 88.0. The van der Waals surface area contributed by atoms with Crippen molar-refractivity contribution in [1.82, 2.24) is 20.4 Å². The molecule has 2 aromatic heterocycles. The highest BCUT2D eigenvalue weighted by Crippen LogP contribution is 2.50. The Morgan fingerprint density at radius 2 is 0.982 bits per heavy atom. The van der Waals surface area contributed by atoms with E-state index >= 15 is 0 Å². The zero-order chi connectivity index (χ0) is 40.6. The van der Waals surface area contributed by atoms with Crippen LogP contribution in [0.25, 0.3) is 22.9 Å². The number of hydrogen-bond donors (Lipinski definition) is 1. The van der Waals surface area contributed by atoms with Crippen LogP contribution in [0, 0.1) is 0 Å². The van der Waals surface area contributed by atoms with Gasteiger partial charge in [0.2, 0.25) is 23.6 Å². The number of benzene rings is 4. The maximum atomic E-state index is 12.8. The second kappa shape index (κ2) is 15.1. The lowest BCUT2D eigenvalue weighted by Gasteiger charge is -2.10. The lowest BCUT2D eigenvalue weighted by atomic mass is 9.98. The van der Waals surface area contributed by atoms with Gasteiger partial charge in [-0.3, -0.25) is 9.59 Å². The van der Waals surface area contributed by atoms with Crippen molar-refractivity contribution in [3.63, 3.8) is 0 Å². The molecule has 0 aliphatic heterocycles. The van der Waals surface area contributed by atoms with Crippen LogP contribution >= 0.6 is 0 Å². The Balaban J connectivity index is 0.000000174. The molecule has 1 N–H and O–H groups in total. The summed E-state index contributed by atoms with van der Waals surface area (Å²) in [6.07, 6.45) is -5.18. The zero-order valence-electron chi connectivity index (χ0n) is 30.3. The fourth-order valence-corrected chi connectivity index (χ4v) is 6.60. The first-order valence-corrected chi connectivity index (χ1v) is 18.1. The number of aromatic nitrogens is 4. The molecular formula is C42H34F6N4O5. The molecule has 8 rings (SSSR count). The van der Waals surface area contributed by atoms with E-state index in [-0.39, 0.29) is 17.6 Å². The van der Waals surface area contributed by atoms with Crippen LogP contribution < -0.4 is 0 Å². The van der Waals surface area contributed by atoms with E-state index in [0.29, 0.717) is 73.4 Å². The summed E-state index contributed by atoms with van der Waals surface area (Å²) in [6.45, 7) is 1.82. The Kier molecular flexibility index (Phi) is 10.4. The number of hydrogen-bond acceptors (Lipinski definition) is 8. The molecule has 2 aliphatic rings. The van der Waals surface area contributed by atoms with E-state index in [9.17, 15) is 41.0 Å². The number of carbonyl (C=O) groups excluding carboxylic acids is 1. The number of halogens is 6. The summed E-state index contributed by atoms with van der Waals surface area (Å²) >= 11 is 0. The van der Waals surface area contributed by atoms with E-state index in [2.05, 4.69) is 20.4 Å². The highest BCUT2D eigenvalue weighted by molar-refractivity contribution is 5.91. The summed E-state index contributed by atoms with van der Waals surface area (Å²) in [5.41, 5.74) is 1.32. The largest absolute Gasteiger partial charge is 0.480 e. The number of aliphatic carboxylic acids is 1. The second-order valence-corrected chi connectivity index (χ2v) is 14.1. The zero-order valence-corrected chi connectivity index (χ0v) is 30.3. The first-order valence-electron chi connectivity index (χ1n) is 18.1. The second-order valence-electron chi connectivity index (χ2n) is 14.1. The monoisotopic (exact) mass is 788 g/mol. The van der Waals surface area contributed by atoms with Crippen LogP contribution in [0.5, 0.6) is 0 Å². The Bertz CT molecular complexity index is 2390. The molecule has 0 saturated heterocycles. The first kappa shape index (κ1) is 39.1. The standard InChI is InChI=1S/C22H19F3N2O2.C20H15F3N2O3/c1-2-18(28)21(11-12-21)20-27-26-19(29-20)17-6-4-3-5-15(17)13-14-7-9-16(10-8-14)22(23,24)25;21-20(22,23)14-7-5-12(6-8-14)11-13-3-1-2-4-15(13)16-24-25-17(28-16)19(9-10-19)18(26)27/h3-10H,2,11-13H2,1H3;1-8H,9-11H2,(H,26,27). The maximum absolute atomic E-state index is 12.8.